The van der Waals surface area contributed by atoms with Gasteiger partial charge in [-0.1, -0.05) is 13.8 Å². The topological polar surface area (TPSA) is 38.4 Å². The maximum atomic E-state index is 13.3. The quantitative estimate of drug-likeness (QED) is 0.800. The fourth-order valence-corrected chi connectivity index (χ4v) is 1.30. The summed E-state index contributed by atoms with van der Waals surface area (Å²) in [7, 11) is 0. The lowest BCUT2D eigenvalue weighted by molar-refractivity contribution is 0.585. The van der Waals surface area contributed by atoms with Crippen LogP contribution in [-0.2, 0) is 0 Å². The number of aliphatic imine (C=N–C) groups is 1. The predicted molar refractivity (Wildman–Crippen MR) is 66.2 cm³/mol. The van der Waals surface area contributed by atoms with E-state index in [1.807, 2.05) is 13.8 Å². The van der Waals surface area contributed by atoms with Crippen molar-refractivity contribution < 1.29 is 8.78 Å². The molecule has 92 valence electrons. The van der Waals surface area contributed by atoms with E-state index < -0.39 is 11.6 Å². The van der Waals surface area contributed by atoms with Crippen LogP contribution in [0.25, 0.3) is 0 Å². The summed E-state index contributed by atoms with van der Waals surface area (Å²) in [4.78, 5) is 3.97. The first kappa shape index (κ1) is 13.4. The van der Waals surface area contributed by atoms with Crippen LogP contribution in [0.1, 0.15) is 20.3 Å². The van der Waals surface area contributed by atoms with Gasteiger partial charge in [-0.05, 0) is 36.2 Å². The maximum Gasteiger partial charge on any atom is 0.151 e. The molecule has 0 saturated heterocycles. The van der Waals surface area contributed by atoms with Crippen LogP contribution in [0.2, 0.25) is 0 Å². The molecule has 1 aromatic carbocycles. The van der Waals surface area contributed by atoms with Crippen LogP contribution >= 0.6 is 0 Å². The van der Waals surface area contributed by atoms with Crippen molar-refractivity contribution in [2.24, 2.45) is 16.6 Å². The standard InChI is InChI=1S/C13H16F2N2/c1-3-9(2)10(7-16)8-17-13-5-4-11(14)6-12(13)15/h4-9H,3,16H2,1-2H3. The molecule has 2 nitrogen and oxygen atoms in total. The summed E-state index contributed by atoms with van der Waals surface area (Å²) in [6, 6.07) is 3.28. The van der Waals surface area contributed by atoms with Crippen LogP contribution < -0.4 is 5.73 Å². The Balaban J connectivity index is 2.90. The minimum atomic E-state index is -0.679. The minimum absolute atomic E-state index is 0.106. The summed E-state index contributed by atoms with van der Waals surface area (Å²) in [5.74, 6) is -1.04. The Morgan fingerprint density at radius 2 is 2.18 bits per heavy atom. The van der Waals surface area contributed by atoms with Gasteiger partial charge >= 0.3 is 0 Å². The molecule has 1 unspecified atom stereocenters. The molecular formula is C13H16F2N2. The lowest BCUT2D eigenvalue weighted by atomic mass is 10.0. The molecule has 17 heavy (non-hydrogen) atoms. The van der Waals surface area contributed by atoms with Gasteiger partial charge in [-0.2, -0.15) is 0 Å². The van der Waals surface area contributed by atoms with Crippen molar-refractivity contribution in [3.63, 3.8) is 0 Å². The molecule has 0 aliphatic heterocycles. The zero-order valence-electron chi connectivity index (χ0n) is 9.95. The molecule has 1 aromatic rings. The third-order valence-corrected chi connectivity index (χ3v) is 2.64. The van der Waals surface area contributed by atoms with Crippen LogP contribution in [0.4, 0.5) is 14.5 Å². The number of nitrogens with two attached hydrogens (primary N) is 1. The van der Waals surface area contributed by atoms with Crippen molar-refractivity contribution in [1.82, 2.24) is 0 Å². The van der Waals surface area contributed by atoms with E-state index in [0.29, 0.717) is 0 Å². The molecule has 4 heteroatoms. The van der Waals surface area contributed by atoms with E-state index in [4.69, 9.17) is 5.73 Å². The Kier molecular flexibility index (Phi) is 4.82. The molecule has 0 aliphatic carbocycles. The Morgan fingerprint density at radius 3 is 2.71 bits per heavy atom. The van der Waals surface area contributed by atoms with E-state index in [2.05, 4.69) is 4.99 Å². The lowest BCUT2D eigenvalue weighted by Gasteiger charge is -2.08. The summed E-state index contributed by atoms with van der Waals surface area (Å²) < 4.78 is 26.0. The molecule has 0 amide bonds. The molecule has 1 atom stereocenters. The molecule has 0 heterocycles. The number of hydrogen-bond donors (Lipinski definition) is 1. The Labute approximate surface area is 99.9 Å². The highest BCUT2D eigenvalue weighted by atomic mass is 19.1. The minimum Gasteiger partial charge on any atom is -0.404 e. The van der Waals surface area contributed by atoms with Gasteiger partial charge in [0.05, 0.1) is 5.69 Å². The van der Waals surface area contributed by atoms with E-state index >= 15 is 0 Å². The fourth-order valence-electron chi connectivity index (χ4n) is 1.30. The van der Waals surface area contributed by atoms with Gasteiger partial charge in [0, 0.05) is 12.3 Å². The summed E-state index contributed by atoms with van der Waals surface area (Å²) >= 11 is 0. The van der Waals surface area contributed by atoms with Crippen LogP contribution in [-0.4, -0.2) is 6.21 Å². The van der Waals surface area contributed by atoms with Crippen LogP contribution in [0.3, 0.4) is 0 Å². The van der Waals surface area contributed by atoms with Crippen molar-refractivity contribution in [2.45, 2.75) is 20.3 Å². The number of hydrogen-bond acceptors (Lipinski definition) is 2. The molecule has 0 fully saturated rings. The predicted octanol–water partition coefficient (Wildman–Crippen LogP) is 3.56. The van der Waals surface area contributed by atoms with E-state index in [1.165, 1.54) is 24.5 Å². The van der Waals surface area contributed by atoms with E-state index in [1.54, 1.807) is 0 Å². The van der Waals surface area contributed by atoms with Gasteiger partial charge in [0.25, 0.3) is 0 Å². The van der Waals surface area contributed by atoms with Crippen LogP contribution in [0.15, 0.2) is 35.0 Å². The second kappa shape index (κ2) is 6.13. The average Bonchev–Trinajstić information content (AvgIpc) is 2.31. The lowest BCUT2D eigenvalue weighted by Crippen LogP contribution is -2.02. The zero-order chi connectivity index (χ0) is 12.8. The summed E-state index contributed by atoms with van der Waals surface area (Å²) in [5, 5.41) is 0. The molecular weight excluding hydrogens is 222 g/mol. The molecule has 1 rings (SSSR count). The smallest absolute Gasteiger partial charge is 0.151 e. The van der Waals surface area contributed by atoms with Gasteiger partial charge in [-0.15, -0.1) is 0 Å². The second-order valence-corrected chi connectivity index (χ2v) is 3.83. The first-order chi connectivity index (χ1) is 8.08. The third kappa shape index (κ3) is 3.66. The van der Waals surface area contributed by atoms with Gasteiger partial charge in [0.1, 0.15) is 5.82 Å². The number of benzene rings is 1. The molecule has 0 radical (unpaired) electrons. The SMILES string of the molecule is CCC(C)C(C=Nc1ccc(F)cc1F)=CN. The Bertz CT molecular complexity index is 439. The van der Waals surface area contributed by atoms with Crippen molar-refractivity contribution in [1.29, 1.82) is 0 Å². The highest BCUT2D eigenvalue weighted by molar-refractivity contribution is 5.81. The largest absolute Gasteiger partial charge is 0.404 e. The Hall–Kier alpha value is -1.71. The van der Waals surface area contributed by atoms with E-state index in [9.17, 15) is 8.78 Å². The maximum absolute atomic E-state index is 13.3. The molecule has 0 spiro atoms. The third-order valence-electron chi connectivity index (χ3n) is 2.64. The van der Waals surface area contributed by atoms with Crippen molar-refractivity contribution in [3.8, 4) is 0 Å². The number of allylic oxidation sites excluding steroid dienone is 1. The monoisotopic (exact) mass is 238 g/mol. The van der Waals surface area contributed by atoms with Gasteiger partial charge in [0.2, 0.25) is 0 Å². The van der Waals surface area contributed by atoms with Gasteiger partial charge < -0.3 is 5.73 Å². The van der Waals surface area contributed by atoms with Gasteiger partial charge in [0.15, 0.2) is 5.82 Å². The van der Waals surface area contributed by atoms with E-state index in [0.717, 1.165) is 18.1 Å². The molecule has 0 aromatic heterocycles. The highest BCUT2D eigenvalue weighted by Crippen LogP contribution is 2.19. The highest BCUT2D eigenvalue weighted by Gasteiger charge is 2.05. The van der Waals surface area contributed by atoms with Crippen molar-refractivity contribution in [3.05, 3.63) is 41.6 Å². The van der Waals surface area contributed by atoms with E-state index in [-0.39, 0.29) is 11.6 Å². The summed E-state index contributed by atoms with van der Waals surface area (Å²) in [6.45, 7) is 4.03. The Morgan fingerprint density at radius 1 is 1.47 bits per heavy atom. The zero-order valence-corrected chi connectivity index (χ0v) is 9.95. The van der Waals surface area contributed by atoms with Gasteiger partial charge in [-0.25, -0.2) is 8.78 Å². The normalized spacial score (nSPS) is 14.2. The number of rotatable bonds is 4. The van der Waals surface area contributed by atoms with Crippen LogP contribution in [0, 0.1) is 17.6 Å². The summed E-state index contributed by atoms with van der Waals surface area (Å²) in [5.41, 5.74) is 6.40. The molecule has 0 bridgehead atoms. The molecule has 2 N–H and O–H groups in total. The number of nitrogens with zero attached hydrogens (tertiary/aromatic N) is 1. The van der Waals surface area contributed by atoms with Crippen molar-refractivity contribution >= 4 is 11.9 Å². The summed E-state index contributed by atoms with van der Waals surface area (Å²) in [6.07, 6.45) is 3.89. The first-order valence-electron chi connectivity index (χ1n) is 5.49. The molecule has 0 aliphatic rings. The van der Waals surface area contributed by atoms with Gasteiger partial charge in [-0.3, -0.25) is 4.99 Å². The second-order valence-electron chi connectivity index (χ2n) is 3.83. The molecule has 0 saturated carbocycles. The van der Waals surface area contributed by atoms with Crippen LogP contribution in [0.5, 0.6) is 0 Å². The number of halogens is 2. The van der Waals surface area contributed by atoms with Crippen molar-refractivity contribution in [2.75, 3.05) is 0 Å². The first-order valence-corrected chi connectivity index (χ1v) is 5.49. The average molecular weight is 238 g/mol. The fraction of sp³-hybridized carbons (Fsp3) is 0.308.